The van der Waals surface area contributed by atoms with Gasteiger partial charge in [-0.2, -0.15) is 0 Å². The maximum atomic E-state index is 13.2. The van der Waals surface area contributed by atoms with Crippen molar-refractivity contribution in [3.05, 3.63) is 52.5 Å². The standard InChI is InChI=1S/C24H28ClN3O4S/c1-16-3-5-19(12-20(16)25)33-14-21(26-17(2)29)24(30)28-9-7-27(8-10-28)13-18-4-6-22-23(11-18)32-15-31-22/h3-6,11-12,21H,7-10,13-15H2,1-2H3,(H,26,29). The first-order valence-electron chi connectivity index (χ1n) is 10.9. The second kappa shape index (κ2) is 10.7. The first kappa shape index (κ1) is 23.7. The SMILES string of the molecule is CC(=O)NC(CSc1ccc(C)c(Cl)c1)C(=O)N1CCN(Cc2ccc3c(c2)OCO3)CC1. The molecule has 1 fully saturated rings. The minimum atomic E-state index is -0.576. The molecular formula is C24H28ClN3O4S. The van der Waals surface area contributed by atoms with E-state index >= 15 is 0 Å². The number of carbonyl (C=O) groups is 2. The highest BCUT2D eigenvalue weighted by Crippen LogP contribution is 2.33. The van der Waals surface area contributed by atoms with Crippen molar-refractivity contribution < 1.29 is 19.1 Å². The number of benzene rings is 2. The van der Waals surface area contributed by atoms with Crippen LogP contribution in [0.25, 0.3) is 0 Å². The molecule has 9 heteroatoms. The molecule has 4 rings (SSSR count). The van der Waals surface area contributed by atoms with Crippen molar-refractivity contribution in [2.45, 2.75) is 31.3 Å². The summed E-state index contributed by atoms with van der Waals surface area (Å²) in [4.78, 5) is 30.1. The van der Waals surface area contributed by atoms with Gasteiger partial charge in [0.25, 0.3) is 0 Å². The lowest BCUT2D eigenvalue weighted by Crippen LogP contribution is -2.55. The van der Waals surface area contributed by atoms with Gasteiger partial charge in [-0.3, -0.25) is 14.5 Å². The Kier molecular flexibility index (Phi) is 7.67. The number of nitrogens with one attached hydrogen (secondary N) is 1. The Bertz CT molecular complexity index is 1030. The van der Waals surface area contributed by atoms with E-state index in [4.69, 9.17) is 21.1 Å². The maximum Gasteiger partial charge on any atom is 0.246 e. The minimum absolute atomic E-state index is 0.0429. The number of amides is 2. The Labute approximate surface area is 203 Å². The van der Waals surface area contributed by atoms with Crippen molar-refractivity contribution in [1.82, 2.24) is 15.1 Å². The van der Waals surface area contributed by atoms with Crippen LogP contribution >= 0.6 is 23.4 Å². The summed E-state index contributed by atoms with van der Waals surface area (Å²) in [5.74, 6) is 1.77. The van der Waals surface area contributed by atoms with Crippen LogP contribution in [0.2, 0.25) is 5.02 Å². The van der Waals surface area contributed by atoms with Crippen molar-refractivity contribution in [1.29, 1.82) is 0 Å². The number of fused-ring (bicyclic) bond motifs is 1. The molecule has 2 aromatic rings. The molecule has 2 aliphatic heterocycles. The van der Waals surface area contributed by atoms with Crippen molar-refractivity contribution in [3.8, 4) is 11.5 Å². The number of rotatable bonds is 7. The predicted molar refractivity (Wildman–Crippen MR) is 129 cm³/mol. The third-order valence-electron chi connectivity index (χ3n) is 5.76. The number of ether oxygens (including phenoxy) is 2. The number of hydrogen-bond acceptors (Lipinski definition) is 6. The van der Waals surface area contributed by atoms with E-state index in [-0.39, 0.29) is 18.6 Å². The van der Waals surface area contributed by atoms with Gasteiger partial charge in [0.1, 0.15) is 6.04 Å². The van der Waals surface area contributed by atoms with E-state index in [0.29, 0.717) is 23.9 Å². The number of thioether (sulfide) groups is 1. The monoisotopic (exact) mass is 489 g/mol. The van der Waals surface area contributed by atoms with E-state index < -0.39 is 6.04 Å². The summed E-state index contributed by atoms with van der Waals surface area (Å²) < 4.78 is 10.8. The third-order valence-corrected chi connectivity index (χ3v) is 7.26. The molecule has 0 aliphatic carbocycles. The summed E-state index contributed by atoms with van der Waals surface area (Å²) >= 11 is 7.74. The van der Waals surface area contributed by atoms with Gasteiger partial charge in [0.05, 0.1) is 0 Å². The molecular weight excluding hydrogens is 462 g/mol. The summed E-state index contributed by atoms with van der Waals surface area (Å²) in [6, 6.07) is 11.3. The highest BCUT2D eigenvalue weighted by atomic mass is 35.5. The summed E-state index contributed by atoms with van der Waals surface area (Å²) in [5.41, 5.74) is 2.16. The van der Waals surface area contributed by atoms with Gasteiger partial charge in [-0.25, -0.2) is 0 Å². The second-order valence-electron chi connectivity index (χ2n) is 8.26. The average molecular weight is 490 g/mol. The lowest BCUT2D eigenvalue weighted by atomic mass is 10.1. The molecule has 0 spiro atoms. The molecule has 1 unspecified atom stereocenters. The Balaban J connectivity index is 1.31. The lowest BCUT2D eigenvalue weighted by Gasteiger charge is -2.36. The topological polar surface area (TPSA) is 71.1 Å². The quantitative estimate of drug-likeness (QED) is 0.602. The summed E-state index contributed by atoms with van der Waals surface area (Å²) in [6.07, 6.45) is 0. The molecule has 0 radical (unpaired) electrons. The van der Waals surface area contributed by atoms with Gasteiger partial charge in [-0.05, 0) is 42.3 Å². The first-order chi connectivity index (χ1) is 15.9. The van der Waals surface area contributed by atoms with Crippen LogP contribution in [0.15, 0.2) is 41.3 Å². The fourth-order valence-corrected chi connectivity index (χ4v) is 5.10. The van der Waals surface area contributed by atoms with Crippen molar-refractivity contribution in [2.24, 2.45) is 0 Å². The van der Waals surface area contributed by atoms with Crippen molar-refractivity contribution in [3.63, 3.8) is 0 Å². The molecule has 2 amide bonds. The number of carbonyl (C=O) groups excluding carboxylic acids is 2. The number of hydrogen-bond donors (Lipinski definition) is 1. The first-order valence-corrected chi connectivity index (χ1v) is 12.3. The van der Waals surface area contributed by atoms with E-state index in [1.165, 1.54) is 18.7 Å². The molecule has 176 valence electrons. The lowest BCUT2D eigenvalue weighted by molar-refractivity contribution is -0.137. The van der Waals surface area contributed by atoms with Gasteiger partial charge in [0.2, 0.25) is 18.6 Å². The zero-order valence-corrected chi connectivity index (χ0v) is 20.4. The summed E-state index contributed by atoms with van der Waals surface area (Å²) in [5, 5.41) is 3.52. The van der Waals surface area contributed by atoms with E-state index in [0.717, 1.165) is 47.2 Å². The zero-order chi connectivity index (χ0) is 23.4. The zero-order valence-electron chi connectivity index (χ0n) is 18.8. The Morgan fingerprint density at radius 1 is 1.09 bits per heavy atom. The van der Waals surface area contributed by atoms with Crippen LogP contribution in [0.1, 0.15) is 18.1 Å². The average Bonchev–Trinajstić information content (AvgIpc) is 3.26. The predicted octanol–water partition coefficient (Wildman–Crippen LogP) is 3.32. The molecule has 33 heavy (non-hydrogen) atoms. The van der Waals surface area contributed by atoms with Gasteiger partial charge in [0.15, 0.2) is 11.5 Å². The number of nitrogens with zero attached hydrogens (tertiary/aromatic N) is 2. The fraction of sp³-hybridized carbons (Fsp3) is 0.417. The molecule has 1 N–H and O–H groups in total. The Morgan fingerprint density at radius 3 is 2.58 bits per heavy atom. The molecule has 2 aliphatic rings. The van der Waals surface area contributed by atoms with Crippen LogP contribution in [0, 0.1) is 6.92 Å². The van der Waals surface area contributed by atoms with Gasteiger partial charge < -0.3 is 19.7 Å². The van der Waals surface area contributed by atoms with Gasteiger partial charge in [-0.1, -0.05) is 23.7 Å². The molecule has 1 atom stereocenters. The number of aryl methyl sites for hydroxylation is 1. The van der Waals surface area contributed by atoms with Crippen LogP contribution < -0.4 is 14.8 Å². The van der Waals surface area contributed by atoms with E-state index in [1.54, 1.807) is 0 Å². The fourth-order valence-electron chi connectivity index (χ4n) is 3.91. The van der Waals surface area contributed by atoms with E-state index in [9.17, 15) is 9.59 Å². The summed E-state index contributed by atoms with van der Waals surface area (Å²) in [7, 11) is 0. The largest absolute Gasteiger partial charge is 0.454 e. The molecule has 7 nitrogen and oxygen atoms in total. The Morgan fingerprint density at radius 2 is 1.85 bits per heavy atom. The molecule has 0 bridgehead atoms. The van der Waals surface area contributed by atoms with E-state index in [2.05, 4.69) is 10.2 Å². The second-order valence-corrected chi connectivity index (χ2v) is 9.76. The van der Waals surface area contributed by atoms with E-state index in [1.807, 2.05) is 48.2 Å². The minimum Gasteiger partial charge on any atom is -0.454 e. The highest BCUT2D eigenvalue weighted by molar-refractivity contribution is 7.99. The van der Waals surface area contributed by atoms with Gasteiger partial charge >= 0.3 is 0 Å². The Hall–Kier alpha value is -2.42. The molecule has 0 aromatic heterocycles. The smallest absolute Gasteiger partial charge is 0.246 e. The van der Waals surface area contributed by atoms with Crippen molar-refractivity contribution >= 4 is 35.2 Å². The van der Waals surface area contributed by atoms with Gasteiger partial charge in [0, 0.05) is 55.3 Å². The van der Waals surface area contributed by atoms with Crippen LogP contribution in [-0.2, 0) is 16.1 Å². The molecule has 2 aromatic carbocycles. The van der Waals surface area contributed by atoms with Crippen LogP contribution in [0.4, 0.5) is 0 Å². The molecule has 1 saturated heterocycles. The van der Waals surface area contributed by atoms with Gasteiger partial charge in [-0.15, -0.1) is 11.8 Å². The summed E-state index contributed by atoms with van der Waals surface area (Å²) in [6.45, 7) is 7.24. The molecule has 2 heterocycles. The van der Waals surface area contributed by atoms with Crippen LogP contribution in [0.5, 0.6) is 11.5 Å². The number of piperazine rings is 1. The van der Waals surface area contributed by atoms with Crippen molar-refractivity contribution in [2.75, 3.05) is 38.7 Å². The highest BCUT2D eigenvalue weighted by Gasteiger charge is 2.28. The normalized spacial score (nSPS) is 16.5. The molecule has 0 saturated carbocycles. The number of halogens is 1. The van der Waals surface area contributed by atoms with Crippen LogP contribution in [0.3, 0.4) is 0 Å². The third kappa shape index (κ3) is 6.13. The maximum absolute atomic E-state index is 13.2. The van der Waals surface area contributed by atoms with Crippen LogP contribution in [-0.4, -0.2) is 66.4 Å².